The molecule has 2 aliphatic rings. The minimum absolute atomic E-state index is 0.460. The van der Waals surface area contributed by atoms with Crippen LogP contribution in [0.2, 0.25) is 5.02 Å². The molecule has 10 heteroatoms. The summed E-state index contributed by atoms with van der Waals surface area (Å²) in [5, 5.41) is 9.73. The van der Waals surface area contributed by atoms with E-state index in [4.69, 9.17) is 16.7 Å². The van der Waals surface area contributed by atoms with Gasteiger partial charge in [0.2, 0.25) is 10.0 Å². The van der Waals surface area contributed by atoms with Crippen molar-refractivity contribution in [3.63, 3.8) is 0 Å². The van der Waals surface area contributed by atoms with Gasteiger partial charge in [0.1, 0.15) is 0 Å². The normalized spacial score (nSPS) is 20.1. The molecule has 2 fully saturated rings. The van der Waals surface area contributed by atoms with Crippen molar-refractivity contribution in [2.45, 2.75) is 6.54 Å². The van der Waals surface area contributed by atoms with E-state index in [9.17, 15) is 13.2 Å². The summed E-state index contributed by atoms with van der Waals surface area (Å²) < 4.78 is 24.9. The van der Waals surface area contributed by atoms with Gasteiger partial charge in [-0.15, -0.1) is 0 Å². The lowest BCUT2D eigenvalue weighted by atomic mass is 10.1. The maximum absolute atomic E-state index is 11.7. The number of amides is 1. The van der Waals surface area contributed by atoms with Crippen molar-refractivity contribution >= 4 is 33.4 Å². The standard InChI is InChI=1S/C17H25ClN4O4S/c1-27(25,26)22-10-8-20(9-11-22)16-12-15(18)3-2-14(16)13-19-4-6-21(7-5-19)17(23)24/h2-3,12H,4-11,13H2,1H3,(H,23,24). The van der Waals surface area contributed by atoms with E-state index in [1.54, 1.807) is 0 Å². The van der Waals surface area contributed by atoms with Crippen molar-refractivity contribution in [2.24, 2.45) is 0 Å². The molecule has 0 aliphatic carbocycles. The summed E-state index contributed by atoms with van der Waals surface area (Å²) >= 11 is 6.22. The Morgan fingerprint density at radius 1 is 1.07 bits per heavy atom. The number of hydrogen-bond donors (Lipinski definition) is 1. The molecule has 2 heterocycles. The fourth-order valence-electron chi connectivity index (χ4n) is 3.56. The molecule has 0 bridgehead atoms. The highest BCUT2D eigenvalue weighted by Gasteiger charge is 2.26. The van der Waals surface area contributed by atoms with Gasteiger partial charge in [-0.1, -0.05) is 17.7 Å². The van der Waals surface area contributed by atoms with Crippen molar-refractivity contribution in [3.05, 3.63) is 28.8 Å². The van der Waals surface area contributed by atoms with Gasteiger partial charge in [-0.25, -0.2) is 13.2 Å². The molecule has 150 valence electrons. The minimum Gasteiger partial charge on any atom is -0.465 e. The molecule has 27 heavy (non-hydrogen) atoms. The number of halogens is 1. The van der Waals surface area contributed by atoms with E-state index in [2.05, 4.69) is 9.80 Å². The van der Waals surface area contributed by atoms with E-state index >= 15 is 0 Å². The zero-order chi connectivity index (χ0) is 19.6. The Morgan fingerprint density at radius 3 is 2.26 bits per heavy atom. The molecule has 2 aliphatic heterocycles. The Bertz CT molecular complexity index is 788. The predicted octanol–water partition coefficient (Wildman–Crippen LogP) is 1.22. The first-order chi connectivity index (χ1) is 12.7. The van der Waals surface area contributed by atoms with E-state index in [1.165, 1.54) is 15.5 Å². The predicted molar refractivity (Wildman–Crippen MR) is 105 cm³/mol. The quantitative estimate of drug-likeness (QED) is 0.794. The molecule has 8 nitrogen and oxygen atoms in total. The van der Waals surface area contributed by atoms with Crippen LogP contribution < -0.4 is 4.90 Å². The van der Waals surface area contributed by atoms with Crippen LogP contribution in [-0.2, 0) is 16.6 Å². The van der Waals surface area contributed by atoms with E-state index in [0.29, 0.717) is 63.9 Å². The monoisotopic (exact) mass is 416 g/mol. The maximum atomic E-state index is 11.7. The summed E-state index contributed by atoms with van der Waals surface area (Å²) in [6.07, 6.45) is 0.370. The number of anilines is 1. The average Bonchev–Trinajstić information content (AvgIpc) is 2.63. The Morgan fingerprint density at radius 2 is 1.70 bits per heavy atom. The Labute approximate surface area is 164 Å². The summed E-state index contributed by atoms with van der Waals surface area (Å²) in [7, 11) is -3.16. The van der Waals surface area contributed by atoms with Gasteiger partial charge in [-0.2, -0.15) is 4.31 Å². The largest absolute Gasteiger partial charge is 0.465 e. The highest BCUT2D eigenvalue weighted by atomic mass is 35.5. The van der Waals surface area contributed by atoms with Crippen LogP contribution in [0.15, 0.2) is 18.2 Å². The van der Waals surface area contributed by atoms with E-state index in [-0.39, 0.29) is 0 Å². The van der Waals surface area contributed by atoms with Crippen molar-refractivity contribution in [1.82, 2.24) is 14.1 Å². The molecule has 1 aromatic rings. The Balaban J connectivity index is 1.68. The first-order valence-corrected chi connectivity index (χ1v) is 11.2. The summed E-state index contributed by atoms with van der Waals surface area (Å²) in [5.41, 5.74) is 2.15. The number of rotatable bonds is 4. The van der Waals surface area contributed by atoms with Crippen LogP contribution in [0.3, 0.4) is 0 Å². The molecule has 0 aromatic heterocycles. The number of benzene rings is 1. The van der Waals surface area contributed by atoms with E-state index < -0.39 is 16.1 Å². The molecule has 0 unspecified atom stereocenters. The van der Waals surface area contributed by atoms with Crippen LogP contribution in [0.5, 0.6) is 0 Å². The third-order valence-electron chi connectivity index (χ3n) is 5.13. The fraction of sp³-hybridized carbons (Fsp3) is 0.588. The van der Waals surface area contributed by atoms with E-state index in [1.807, 2.05) is 18.2 Å². The lowest BCUT2D eigenvalue weighted by molar-refractivity contribution is 0.103. The van der Waals surface area contributed by atoms with E-state index in [0.717, 1.165) is 11.3 Å². The molecule has 1 aromatic carbocycles. The number of carbonyl (C=O) groups is 1. The van der Waals surface area contributed by atoms with Gasteiger partial charge in [0.05, 0.1) is 6.26 Å². The topological polar surface area (TPSA) is 84.4 Å². The lowest BCUT2D eigenvalue weighted by Crippen LogP contribution is -2.49. The third-order valence-corrected chi connectivity index (χ3v) is 6.67. The number of sulfonamides is 1. The highest BCUT2D eigenvalue weighted by molar-refractivity contribution is 7.88. The summed E-state index contributed by atoms with van der Waals surface area (Å²) in [4.78, 5) is 16.9. The number of nitrogens with zero attached hydrogens (tertiary/aromatic N) is 4. The zero-order valence-electron chi connectivity index (χ0n) is 15.3. The van der Waals surface area contributed by atoms with Crippen LogP contribution in [0.4, 0.5) is 10.5 Å². The van der Waals surface area contributed by atoms with Crippen molar-refractivity contribution in [2.75, 3.05) is 63.5 Å². The minimum atomic E-state index is -3.16. The van der Waals surface area contributed by atoms with Gasteiger partial charge in [-0.3, -0.25) is 4.90 Å². The molecular weight excluding hydrogens is 392 g/mol. The molecular formula is C17H25ClN4O4S. The molecule has 0 atom stereocenters. The molecule has 0 saturated carbocycles. The van der Waals surface area contributed by atoms with Gasteiger partial charge in [0.25, 0.3) is 0 Å². The van der Waals surface area contributed by atoms with Crippen LogP contribution in [0, 0.1) is 0 Å². The van der Waals surface area contributed by atoms with Crippen LogP contribution >= 0.6 is 11.6 Å². The lowest BCUT2D eigenvalue weighted by Gasteiger charge is -2.37. The zero-order valence-corrected chi connectivity index (χ0v) is 16.9. The summed E-state index contributed by atoms with van der Waals surface area (Å²) in [5.74, 6) is 0. The smallest absolute Gasteiger partial charge is 0.407 e. The van der Waals surface area contributed by atoms with Crippen molar-refractivity contribution < 1.29 is 18.3 Å². The number of hydrogen-bond acceptors (Lipinski definition) is 5. The maximum Gasteiger partial charge on any atom is 0.407 e. The summed E-state index contributed by atoms with van der Waals surface area (Å²) in [6, 6.07) is 5.80. The second kappa shape index (κ2) is 8.22. The van der Waals surface area contributed by atoms with Gasteiger partial charge in [0, 0.05) is 69.6 Å². The van der Waals surface area contributed by atoms with Gasteiger partial charge in [0.15, 0.2) is 0 Å². The first kappa shape index (κ1) is 20.2. The average molecular weight is 417 g/mol. The van der Waals surface area contributed by atoms with Crippen LogP contribution in [0.25, 0.3) is 0 Å². The first-order valence-electron chi connectivity index (χ1n) is 8.93. The Hall–Kier alpha value is -1.55. The molecule has 3 rings (SSSR count). The molecule has 0 spiro atoms. The SMILES string of the molecule is CS(=O)(=O)N1CCN(c2cc(Cl)ccc2CN2CCN(C(=O)O)CC2)CC1. The fourth-order valence-corrected chi connectivity index (χ4v) is 4.56. The van der Waals surface area contributed by atoms with Gasteiger partial charge < -0.3 is 14.9 Å². The highest BCUT2D eigenvalue weighted by Crippen LogP contribution is 2.28. The third kappa shape index (κ3) is 5.04. The Kier molecular flexibility index (Phi) is 6.15. The van der Waals surface area contributed by atoms with Gasteiger partial charge >= 0.3 is 6.09 Å². The molecule has 1 amide bonds. The molecule has 2 saturated heterocycles. The summed E-state index contributed by atoms with van der Waals surface area (Å²) in [6.45, 7) is 5.26. The second-order valence-corrected chi connectivity index (χ2v) is 9.39. The number of piperazine rings is 2. The second-order valence-electron chi connectivity index (χ2n) is 6.97. The molecule has 1 N–H and O–H groups in total. The number of carboxylic acid groups (broad SMARTS) is 1. The van der Waals surface area contributed by atoms with Crippen LogP contribution in [0.1, 0.15) is 5.56 Å². The van der Waals surface area contributed by atoms with Crippen molar-refractivity contribution in [1.29, 1.82) is 0 Å². The van der Waals surface area contributed by atoms with Crippen LogP contribution in [-0.4, -0.2) is 92.3 Å². The van der Waals surface area contributed by atoms with Gasteiger partial charge in [-0.05, 0) is 17.7 Å². The van der Waals surface area contributed by atoms with Crippen molar-refractivity contribution in [3.8, 4) is 0 Å². The molecule has 0 radical (unpaired) electrons.